The van der Waals surface area contributed by atoms with Crippen LogP contribution in [-0.4, -0.2) is 27.6 Å². The lowest BCUT2D eigenvalue weighted by Crippen LogP contribution is -2.50. The van der Waals surface area contributed by atoms with Crippen molar-refractivity contribution in [2.75, 3.05) is 5.32 Å². The Kier molecular flexibility index (Phi) is 5.63. The Balaban J connectivity index is 1.62. The molecule has 1 aliphatic heterocycles. The highest BCUT2D eigenvalue weighted by atomic mass is 16.2. The second kappa shape index (κ2) is 8.92. The van der Waals surface area contributed by atoms with E-state index >= 15 is 0 Å². The molecular weight excluding hydrogens is 438 g/mol. The average Bonchev–Trinajstić information content (AvgIpc) is 3.20. The van der Waals surface area contributed by atoms with Gasteiger partial charge in [-0.15, -0.1) is 0 Å². The molecule has 0 radical (unpaired) electrons. The number of carbonyl (C=O) groups excluding carboxylic acids is 2. The number of para-hydroxylation sites is 1. The predicted molar refractivity (Wildman–Crippen MR) is 132 cm³/mol. The molecule has 3 aromatic carbocycles. The molecule has 0 bridgehead atoms. The van der Waals surface area contributed by atoms with Crippen LogP contribution in [0.4, 0.5) is 5.82 Å². The largest absolute Gasteiger partial charge is 0.339 e. The molecule has 7 nitrogen and oxygen atoms in total. The summed E-state index contributed by atoms with van der Waals surface area (Å²) in [5, 5.41) is 19.9. The molecule has 0 unspecified atom stereocenters. The number of rotatable bonds is 4. The lowest BCUT2D eigenvalue weighted by Gasteiger charge is -2.33. The van der Waals surface area contributed by atoms with E-state index in [0.29, 0.717) is 16.9 Å². The Hall–Kier alpha value is -4.70. The van der Waals surface area contributed by atoms with Crippen LogP contribution in [-0.2, 0) is 4.79 Å². The standard InChI is InChI=1S/C28H23N5O2/c1-17-7-6-8-21(15-17)27(34)30-25-24(20-13-11-19(16-29)12-14-20)23-18(2)32-33(26(23)31-28(25)35)22-9-4-3-5-10-22/h3-15,24-25H,1-2H3,(H,30,34)(H,31,35)/t24-,25+/m0/s1. The van der Waals surface area contributed by atoms with E-state index in [1.807, 2.05) is 68.4 Å². The maximum Gasteiger partial charge on any atom is 0.251 e. The minimum absolute atomic E-state index is 0.329. The van der Waals surface area contributed by atoms with Crippen LogP contribution < -0.4 is 10.6 Å². The Morgan fingerprint density at radius 3 is 2.46 bits per heavy atom. The number of nitriles is 1. The number of benzene rings is 3. The predicted octanol–water partition coefficient (Wildman–Crippen LogP) is 4.24. The number of anilines is 1. The second-order valence-corrected chi connectivity index (χ2v) is 8.62. The van der Waals surface area contributed by atoms with E-state index in [9.17, 15) is 14.9 Å². The molecule has 2 heterocycles. The summed E-state index contributed by atoms with van der Waals surface area (Å²) in [5.41, 5.74) is 5.16. The smallest absolute Gasteiger partial charge is 0.251 e. The third kappa shape index (κ3) is 4.06. The number of aryl methyl sites for hydroxylation is 2. The molecule has 1 aromatic heterocycles. The van der Waals surface area contributed by atoms with Crippen molar-refractivity contribution in [2.45, 2.75) is 25.8 Å². The summed E-state index contributed by atoms with van der Waals surface area (Å²) in [7, 11) is 0. The number of hydrogen-bond acceptors (Lipinski definition) is 4. The van der Waals surface area contributed by atoms with Crippen LogP contribution in [0.25, 0.3) is 5.69 Å². The van der Waals surface area contributed by atoms with Gasteiger partial charge in [0.2, 0.25) is 5.91 Å². The van der Waals surface area contributed by atoms with Crippen molar-refractivity contribution >= 4 is 17.6 Å². The van der Waals surface area contributed by atoms with E-state index in [0.717, 1.165) is 28.1 Å². The van der Waals surface area contributed by atoms with Gasteiger partial charge in [0.25, 0.3) is 5.91 Å². The molecule has 35 heavy (non-hydrogen) atoms. The number of nitrogens with one attached hydrogen (secondary N) is 2. The van der Waals surface area contributed by atoms with Gasteiger partial charge >= 0.3 is 0 Å². The van der Waals surface area contributed by atoms with Gasteiger partial charge in [-0.2, -0.15) is 10.4 Å². The van der Waals surface area contributed by atoms with Gasteiger partial charge in [0.15, 0.2) is 0 Å². The van der Waals surface area contributed by atoms with Crippen LogP contribution in [0.5, 0.6) is 0 Å². The molecule has 0 fully saturated rings. The molecule has 2 amide bonds. The van der Waals surface area contributed by atoms with E-state index in [1.165, 1.54) is 0 Å². The van der Waals surface area contributed by atoms with E-state index in [-0.39, 0.29) is 11.8 Å². The molecule has 7 heteroatoms. The number of hydrogen-bond donors (Lipinski definition) is 2. The van der Waals surface area contributed by atoms with E-state index in [1.54, 1.807) is 28.9 Å². The van der Waals surface area contributed by atoms with Crippen LogP contribution in [0.3, 0.4) is 0 Å². The highest BCUT2D eigenvalue weighted by Crippen LogP contribution is 2.40. The van der Waals surface area contributed by atoms with Crippen LogP contribution in [0.15, 0.2) is 78.9 Å². The Morgan fingerprint density at radius 1 is 1.03 bits per heavy atom. The maximum atomic E-state index is 13.5. The van der Waals surface area contributed by atoms with Crippen molar-refractivity contribution in [3.05, 3.63) is 112 Å². The molecule has 0 aliphatic carbocycles. The quantitative estimate of drug-likeness (QED) is 0.475. The molecule has 0 saturated heterocycles. The summed E-state index contributed by atoms with van der Waals surface area (Å²) in [4.78, 5) is 26.6. The van der Waals surface area contributed by atoms with Crippen LogP contribution in [0.1, 0.15) is 44.2 Å². The fourth-order valence-electron chi connectivity index (χ4n) is 4.58. The first kappa shape index (κ1) is 22.1. The van der Waals surface area contributed by atoms with E-state index in [2.05, 4.69) is 16.7 Å². The van der Waals surface area contributed by atoms with Crippen molar-refractivity contribution in [3.8, 4) is 11.8 Å². The highest BCUT2D eigenvalue weighted by molar-refractivity contribution is 6.04. The summed E-state index contributed by atoms with van der Waals surface area (Å²) >= 11 is 0. The molecule has 4 aromatic rings. The van der Waals surface area contributed by atoms with Crippen molar-refractivity contribution in [2.24, 2.45) is 0 Å². The minimum Gasteiger partial charge on any atom is -0.339 e. The van der Waals surface area contributed by atoms with Gasteiger partial charge in [-0.05, 0) is 55.8 Å². The van der Waals surface area contributed by atoms with Gasteiger partial charge in [0.1, 0.15) is 11.9 Å². The Bertz CT molecular complexity index is 1470. The van der Waals surface area contributed by atoms with Crippen molar-refractivity contribution in [3.63, 3.8) is 0 Å². The number of amides is 2. The van der Waals surface area contributed by atoms with Crippen LogP contribution in [0.2, 0.25) is 0 Å². The maximum absolute atomic E-state index is 13.5. The summed E-state index contributed by atoms with van der Waals surface area (Å²) < 4.78 is 1.72. The number of nitrogens with zero attached hydrogens (tertiary/aromatic N) is 3. The molecule has 5 rings (SSSR count). The van der Waals surface area contributed by atoms with Gasteiger partial charge in [0, 0.05) is 17.0 Å². The molecule has 2 atom stereocenters. The lowest BCUT2D eigenvalue weighted by atomic mass is 9.81. The first-order valence-corrected chi connectivity index (χ1v) is 11.3. The Morgan fingerprint density at radius 2 is 1.77 bits per heavy atom. The average molecular weight is 462 g/mol. The third-order valence-corrected chi connectivity index (χ3v) is 6.24. The summed E-state index contributed by atoms with van der Waals surface area (Å²) in [6.07, 6.45) is 0. The van der Waals surface area contributed by atoms with Crippen LogP contribution in [0, 0.1) is 25.2 Å². The zero-order chi connectivity index (χ0) is 24.5. The molecule has 1 aliphatic rings. The van der Waals surface area contributed by atoms with Crippen molar-refractivity contribution < 1.29 is 9.59 Å². The lowest BCUT2D eigenvalue weighted by molar-refractivity contribution is -0.118. The van der Waals surface area contributed by atoms with E-state index < -0.39 is 12.0 Å². The fourth-order valence-corrected chi connectivity index (χ4v) is 4.58. The van der Waals surface area contributed by atoms with Gasteiger partial charge < -0.3 is 10.6 Å². The number of carbonyl (C=O) groups is 2. The number of fused-ring (bicyclic) bond motifs is 1. The van der Waals surface area contributed by atoms with Crippen molar-refractivity contribution in [1.82, 2.24) is 15.1 Å². The summed E-state index contributed by atoms with van der Waals surface area (Å²) in [6, 6.07) is 25.2. The zero-order valence-electron chi connectivity index (χ0n) is 19.3. The van der Waals surface area contributed by atoms with Gasteiger partial charge in [-0.3, -0.25) is 9.59 Å². The Labute approximate surface area is 203 Å². The fraction of sp³-hybridized carbons (Fsp3) is 0.143. The monoisotopic (exact) mass is 461 g/mol. The third-order valence-electron chi connectivity index (χ3n) is 6.24. The van der Waals surface area contributed by atoms with Gasteiger partial charge in [0.05, 0.1) is 23.0 Å². The molecule has 2 N–H and O–H groups in total. The van der Waals surface area contributed by atoms with Gasteiger partial charge in [-0.25, -0.2) is 4.68 Å². The molecule has 0 spiro atoms. The topological polar surface area (TPSA) is 99.8 Å². The normalized spacial score (nSPS) is 16.7. The highest BCUT2D eigenvalue weighted by Gasteiger charge is 2.41. The second-order valence-electron chi connectivity index (χ2n) is 8.62. The molecular formula is C28H23N5O2. The first-order chi connectivity index (χ1) is 17.0. The first-order valence-electron chi connectivity index (χ1n) is 11.3. The summed E-state index contributed by atoms with van der Waals surface area (Å²) in [5.74, 6) is -0.569. The van der Waals surface area contributed by atoms with Crippen molar-refractivity contribution in [1.29, 1.82) is 5.26 Å². The summed E-state index contributed by atoms with van der Waals surface area (Å²) in [6.45, 7) is 3.81. The molecule has 0 saturated carbocycles. The number of aromatic nitrogens is 2. The van der Waals surface area contributed by atoms with E-state index in [4.69, 9.17) is 5.10 Å². The minimum atomic E-state index is -0.865. The SMILES string of the molecule is Cc1cccc(C(=O)N[C@H]2C(=O)Nc3c(c(C)nn3-c3ccccc3)[C@@H]2c2ccc(C#N)cc2)c1. The van der Waals surface area contributed by atoms with Gasteiger partial charge in [-0.1, -0.05) is 48.0 Å². The molecule has 172 valence electrons. The zero-order valence-corrected chi connectivity index (χ0v) is 19.3. The van der Waals surface area contributed by atoms with Crippen LogP contribution >= 0.6 is 0 Å².